The average Bonchev–Trinajstić information content (AvgIpc) is 2.35. The third-order valence-corrected chi connectivity index (χ3v) is 5.08. The van der Waals surface area contributed by atoms with E-state index < -0.39 is 10.0 Å². The number of nitrogens with one attached hydrogen (secondary N) is 1. The van der Waals surface area contributed by atoms with E-state index in [1.54, 1.807) is 19.9 Å². The van der Waals surface area contributed by atoms with E-state index >= 15 is 0 Å². The summed E-state index contributed by atoms with van der Waals surface area (Å²) in [5.41, 5.74) is 7.68. The summed E-state index contributed by atoms with van der Waals surface area (Å²) in [6.45, 7) is 4.67. The molecule has 6 heteroatoms. The van der Waals surface area contributed by atoms with Crippen LogP contribution in [0, 0.1) is 13.8 Å². The Bertz CT molecular complexity index is 563. The molecule has 3 N–H and O–H groups in total. The van der Waals surface area contributed by atoms with Gasteiger partial charge in [0.1, 0.15) is 4.90 Å². The van der Waals surface area contributed by atoms with Gasteiger partial charge in [-0.25, -0.2) is 13.1 Å². The van der Waals surface area contributed by atoms with Crippen molar-refractivity contribution in [2.75, 3.05) is 18.9 Å². The van der Waals surface area contributed by atoms with Crippen LogP contribution in [0.5, 0.6) is 0 Å². The predicted molar refractivity (Wildman–Crippen MR) is 74.5 cm³/mol. The Balaban J connectivity index is 2.31. The number of nitrogens with two attached hydrogens (primary N) is 1. The summed E-state index contributed by atoms with van der Waals surface area (Å²) >= 11 is 0. The molecule has 0 radical (unpaired) electrons. The van der Waals surface area contributed by atoms with Gasteiger partial charge in [0.2, 0.25) is 10.0 Å². The van der Waals surface area contributed by atoms with Crippen molar-refractivity contribution in [2.24, 2.45) is 0 Å². The van der Waals surface area contributed by atoms with Gasteiger partial charge < -0.3 is 10.5 Å². The first-order valence-corrected chi connectivity index (χ1v) is 7.86. The van der Waals surface area contributed by atoms with E-state index in [1.807, 2.05) is 6.07 Å². The van der Waals surface area contributed by atoms with Gasteiger partial charge in [-0.2, -0.15) is 0 Å². The number of aryl methyl sites for hydroxylation is 2. The molecule has 1 aliphatic heterocycles. The topological polar surface area (TPSA) is 81.4 Å². The van der Waals surface area contributed by atoms with Crippen LogP contribution in [-0.2, 0) is 14.8 Å². The fourth-order valence-corrected chi connectivity index (χ4v) is 3.96. The second-order valence-corrected chi connectivity index (χ2v) is 6.63. The summed E-state index contributed by atoms with van der Waals surface area (Å²) in [6, 6.07) is 3.43. The molecule has 1 heterocycles. The van der Waals surface area contributed by atoms with Gasteiger partial charge in [-0.15, -0.1) is 0 Å². The first kappa shape index (κ1) is 14.3. The monoisotopic (exact) mass is 284 g/mol. The Labute approximate surface area is 114 Å². The maximum atomic E-state index is 12.4. The summed E-state index contributed by atoms with van der Waals surface area (Å²) in [5, 5.41) is 0. The molecule has 0 spiro atoms. The molecule has 0 saturated carbocycles. The summed E-state index contributed by atoms with van der Waals surface area (Å²) < 4.78 is 32.9. The van der Waals surface area contributed by atoms with Crippen molar-refractivity contribution in [3.63, 3.8) is 0 Å². The van der Waals surface area contributed by atoms with Gasteiger partial charge >= 0.3 is 0 Å². The van der Waals surface area contributed by atoms with Crippen LogP contribution in [0.25, 0.3) is 0 Å². The molecular formula is C13H20N2O3S. The van der Waals surface area contributed by atoms with Crippen LogP contribution in [0.3, 0.4) is 0 Å². The summed E-state index contributed by atoms with van der Waals surface area (Å²) in [7, 11) is -3.60. The lowest BCUT2D eigenvalue weighted by molar-refractivity contribution is 0.0774. The largest absolute Gasteiger partial charge is 0.397 e. The Morgan fingerprint density at radius 2 is 2.00 bits per heavy atom. The molecule has 1 aliphatic rings. The molecule has 0 aliphatic carbocycles. The van der Waals surface area contributed by atoms with Gasteiger partial charge in [0.15, 0.2) is 0 Å². The highest BCUT2D eigenvalue weighted by Gasteiger charge is 2.26. The maximum absolute atomic E-state index is 12.4. The molecule has 0 aromatic heterocycles. The van der Waals surface area contributed by atoms with Crippen molar-refractivity contribution in [3.8, 4) is 0 Å². The highest BCUT2D eigenvalue weighted by Crippen LogP contribution is 2.26. The Morgan fingerprint density at radius 1 is 1.32 bits per heavy atom. The number of rotatable bonds is 3. The molecule has 1 unspecified atom stereocenters. The first-order valence-electron chi connectivity index (χ1n) is 6.37. The van der Waals surface area contributed by atoms with Crippen molar-refractivity contribution in [1.82, 2.24) is 4.72 Å². The number of hydrogen-bond donors (Lipinski definition) is 2. The quantitative estimate of drug-likeness (QED) is 0.821. The van der Waals surface area contributed by atoms with Crippen LogP contribution in [0.1, 0.15) is 24.0 Å². The third kappa shape index (κ3) is 3.08. The second kappa shape index (κ2) is 5.48. The highest BCUT2D eigenvalue weighted by atomic mass is 32.2. The minimum atomic E-state index is -3.60. The number of hydrogen-bond acceptors (Lipinski definition) is 4. The summed E-state index contributed by atoms with van der Waals surface area (Å²) in [4.78, 5) is 0.193. The fraction of sp³-hybridized carbons (Fsp3) is 0.538. The molecule has 5 nitrogen and oxygen atoms in total. The van der Waals surface area contributed by atoms with Crippen molar-refractivity contribution in [3.05, 3.63) is 23.3 Å². The zero-order chi connectivity index (χ0) is 14.0. The van der Waals surface area contributed by atoms with Gasteiger partial charge in [-0.05, 0) is 37.8 Å². The third-order valence-electron chi connectivity index (χ3n) is 3.36. The van der Waals surface area contributed by atoms with Crippen LogP contribution in [0.15, 0.2) is 17.0 Å². The molecule has 106 valence electrons. The van der Waals surface area contributed by atoms with Gasteiger partial charge in [0.05, 0.1) is 12.3 Å². The van der Waals surface area contributed by atoms with Gasteiger partial charge in [0.25, 0.3) is 0 Å². The van der Waals surface area contributed by atoms with Gasteiger partial charge in [0, 0.05) is 12.6 Å². The van der Waals surface area contributed by atoms with Crippen molar-refractivity contribution in [1.29, 1.82) is 0 Å². The standard InChI is InChI=1S/C13H20N2O3S/c1-9-5-6-10(2)13(12(9)14)19(16,17)15-11-4-3-7-18-8-11/h5-6,11,15H,3-4,7-8,14H2,1-2H3. The molecule has 2 rings (SSSR count). The number of anilines is 1. The molecule has 1 saturated heterocycles. The fourth-order valence-electron chi connectivity index (χ4n) is 2.28. The van der Waals surface area contributed by atoms with E-state index in [1.165, 1.54) is 0 Å². The van der Waals surface area contributed by atoms with Crippen molar-refractivity contribution >= 4 is 15.7 Å². The minimum absolute atomic E-state index is 0.168. The smallest absolute Gasteiger partial charge is 0.243 e. The van der Waals surface area contributed by atoms with E-state index in [-0.39, 0.29) is 10.9 Å². The second-order valence-electron chi connectivity index (χ2n) is 4.98. The number of sulfonamides is 1. The molecule has 1 aromatic rings. The molecule has 1 atom stereocenters. The first-order chi connectivity index (χ1) is 8.92. The normalized spacial score (nSPS) is 20.4. The molecule has 1 fully saturated rings. The molecule has 0 bridgehead atoms. The molecule has 0 amide bonds. The van der Waals surface area contributed by atoms with E-state index in [0.717, 1.165) is 18.4 Å². The van der Waals surface area contributed by atoms with Crippen LogP contribution >= 0.6 is 0 Å². The zero-order valence-electron chi connectivity index (χ0n) is 11.3. The SMILES string of the molecule is Cc1ccc(C)c(S(=O)(=O)NC2CCCOC2)c1N. The van der Waals surface area contributed by atoms with E-state index in [2.05, 4.69) is 4.72 Å². The minimum Gasteiger partial charge on any atom is -0.397 e. The highest BCUT2D eigenvalue weighted by molar-refractivity contribution is 7.89. The lowest BCUT2D eigenvalue weighted by atomic mass is 10.1. The maximum Gasteiger partial charge on any atom is 0.243 e. The Hall–Kier alpha value is -1.11. The molecule has 19 heavy (non-hydrogen) atoms. The van der Waals surface area contributed by atoms with Crippen LogP contribution in [0.4, 0.5) is 5.69 Å². The Morgan fingerprint density at radius 3 is 2.63 bits per heavy atom. The summed E-state index contributed by atoms with van der Waals surface area (Å²) in [6.07, 6.45) is 1.67. The van der Waals surface area contributed by atoms with Crippen molar-refractivity contribution in [2.45, 2.75) is 37.6 Å². The lowest BCUT2D eigenvalue weighted by Crippen LogP contribution is -2.41. The average molecular weight is 284 g/mol. The van der Waals surface area contributed by atoms with E-state index in [0.29, 0.717) is 24.5 Å². The van der Waals surface area contributed by atoms with Crippen LogP contribution in [0.2, 0.25) is 0 Å². The zero-order valence-corrected chi connectivity index (χ0v) is 12.1. The predicted octanol–water partition coefficient (Wildman–Crippen LogP) is 1.34. The number of nitrogen functional groups attached to an aromatic ring is 1. The Kier molecular flexibility index (Phi) is 4.13. The van der Waals surface area contributed by atoms with E-state index in [9.17, 15) is 8.42 Å². The number of ether oxygens (including phenoxy) is 1. The van der Waals surface area contributed by atoms with Crippen molar-refractivity contribution < 1.29 is 13.2 Å². The van der Waals surface area contributed by atoms with Gasteiger partial charge in [-0.1, -0.05) is 12.1 Å². The molecule has 1 aromatic carbocycles. The number of benzene rings is 1. The van der Waals surface area contributed by atoms with E-state index in [4.69, 9.17) is 10.5 Å². The van der Waals surface area contributed by atoms with Gasteiger partial charge in [-0.3, -0.25) is 0 Å². The molecular weight excluding hydrogens is 264 g/mol. The lowest BCUT2D eigenvalue weighted by Gasteiger charge is -2.24. The summed E-state index contributed by atoms with van der Waals surface area (Å²) in [5.74, 6) is 0. The van der Waals surface area contributed by atoms with Crippen LogP contribution in [-0.4, -0.2) is 27.7 Å². The van der Waals surface area contributed by atoms with Crippen LogP contribution < -0.4 is 10.5 Å².